The van der Waals surface area contributed by atoms with E-state index < -0.39 is 0 Å². The number of amides is 1. The van der Waals surface area contributed by atoms with Gasteiger partial charge in [0.2, 0.25) is 0 Å². The van der Waals surface area contributed by atoms with Gasteiger partial charge in [-0.1, -0.05) is 6.07 Å². The van der Waals surface area contributed by atoms with Gasteiger partial charge < -0.3 is 18.9 Å². The summed E-state index contributed by atoms with van der Waals surface area (Å²) in [6.07, 6.45) is 2.96. The van der Waals surface area contributed by atoms with Gasteiger partial charge in [-0.2, -0.15) is 0 Å². The molecular weight excluding hydrogens is 356 g/mol. The first-order valence-electron chi connectivity index (χ1n) is 10.1. The van der Waals surface area contributed by atoms with E-state index in [0.717, 1.165) is 25.0 Å². The first-order chi connectivity index (χ1) is 13.7. The Bertz CT molecular complexity index is 967. The Morgan fingerprint density at radius 1 is 0.964 bits per heavy atom. The summed E-state index contributed by atoms with van der Waals surface area (Å²) in [4.78, 5) is 27.3. The second-order valence-electron chi connectivity index (χ2n) is 7.97. The predicted molar refractivity (Wildman–Crippen MR) is 104 cm³/mol. The summed E-state index contributed by atoms with van der Waals surface area (Å²) in [7, 11) is 0. The van der Waals surface area contributed by atoms with Crippen LogP contribution in [0.5, 0.6) is 11.5 Å². The van der Waals surface area contributed by atoms with Gasteiger partial charge in [-0.05, 0) is 49.4 Å². The number of nitrogens with zero attached hydrogens (tertiary/aromatic N) is 2. The molecule has 1 aromatic carbocycles. The molecule has 0 aliphatic carbocycles. The number of aromatic nitrogens is 1. The topological polar surface area (TPSA) is 60.8 Å². The molecule has 146 valence electrons. The number of hydrogen-bond donors (Lipinski definition) is 0. The van der Waals surface area contributed by atoms with Crippen LogP contribution in [0.2, 0.25) is 0 Å². The maximum atomic E-state index is 13.2. The normalized spacial score (nSPS) is 23.4. The lowest BCUT2D eigenvalue weighted by Gasteiger charge is -2.42. The summed E-state index contributed by atoms with van der Waals surface area (Å²) in [5.74, 6) is 1.92. The SMILES string of the molecule is O=C(c1ccc2c(c1)OCCCCO2)N1CC2CC(C1)c1cccc(=O)n1C2. The van der Waals surface area contributed by atoms with Gasteiger partial charge >= 0.3 is 0 Å². The molecule has 3 aliphatic heterocycles. The van der Waals surface area contributed by atoms with Crippen LogP contribution in [0.25, 0.3) is 0 Å². The van der Waals surface area contributed by atoms with Gasteiger partial charge in [0.15, 0.2) is 11.5 Å². The highest BCUT2D eigenvalue weighted by Gasteiger charge is 2.36. The van der Waals surface area contributed by atoms with Gasteiger partial charge in [0, 0.05) is 42.9 Å². The minimum atomic E-state index is 0.0230. The lowest BCUT2D eigenvalue weighted by Crippen LogP contribution is -2.49. The molecule has 2 aromatic rings. The van der Waals surface area contributed by atoms with Gasteiger partial charge in [-0.15, -0.1) is 0 Å². The number of pyridine rings is 1. The standard InChI is InChI=1S/C22H24N2O4/c25-21-5-3-4-18-17-10-15(13-24(18)21)12-23(14-17)22(26)16-6-7-19-20(11-16)28-9-2-1-8-27-19/h3-7,11,15,17H,1-2,8-10,12-14H2. The van der Waals surface area contributed by atoms with Crippen molar-refractivity contribution in [2.75, 3.05) is 26.3 Å². The summed E-state index contributed by atoms with van der Waals surface area (Å²) in [6, 6.07) is 10.9. The number of piperidine rings is 1. The Labute approximate surface area is 163 Å². The van der Waals surface area contributed by atoms with E-state index in [-0.39, 0.29) is 17.4 Å². The Morgan fingerprint density at radius 2 is 1.79 bits per heavy atom. The Kier molecular flexibility index (Phi) is 4.34. The molecule has 4 heterocycles. The quantitative estimate of drug-likeness (QED) is 0.763. The van der Waals surface area contributed by atoms with Gasteiger partial charge in [0.05, 0.1) is 13.2 Å². The average molecular weight is 380 g/mol. The van der Waals surface area contributed by atoms with Crippen molar-refractivity contribution in [2.24, 2.45) is 5.92 Å². The third-order valence-corrected chi connectivity index (χ3v) is 6.01. The van der Waals surface area contributed by atoms with Crippen LogP contribution in [0.3, 0.4) is 0 Å². The average Bonchev–Trinajstić information content (AvgIpc) is 2.68. The number of carbonyl (C=O) groups excluding carboxylic acids is 1. The minimum Gasteiger partial charge on any atom is -0.490 e. The summed E-state index contributed by atoms with van der Waals surface area (Å²) < 4.78 is 13.4. The number of rotatable bonds is 1. The van der Waals surface area contributed by atoms with Crippen LogP contribution in [-0.2, 0) is 6.54 Å². The molecule has 1 saturated heterocycles. The van der Waals surface area contributed by atoms with Crippen molar-refractivity contribution in [3.05, 3.63) is 58.0 Å². The monoisotopic (exact) mass is 380 g/mol. The third-order valence-electron chi connectivity index (χ3n) is 6.01. The van der Waals surface area contributed by atoms with Crippen LogP contribution in [0.4, 0.5) is 0 Å². The highest BCUT2D eigenvalue weighted by Crippen LogP contribution is 2.36. The van der Waals surface area contributed by atoms with Crippen LogP contribution in [0.1, 0.15) is 41.2 Å². The van der Waals surface area contributed by atoms with Crippen molar-refractivity contribution in [3.8, 4) is 11.5 Å². The Balaban J connectivity index is 1.40. The molecule has 1 aromatic heterocycles. The summed E-state index contributed by atoms with van der Waals surface area (Å²) in [6.45, 7) is 3.35. The third kappa shape index (κ3) is 3.07. The van der Waals surface area contributed by atoms with E-state index in [1.54, 1.807) is 6.07 Å². The maximum absolute atomic E-state index is 13.2. The Morgan fingerprint density at radius 3 is 2.64 bits per heavy atom. The summed E-state index contributed by atoms with van der Waals surface area (Å²) >= 11 is 0. The van der Waals surface area contributed by atoms with Crippen molar-refractivity contribution < 1.29 is 14.3 Å². The number of hydrogen-bond acceptors (Lipinski definition) is 4. The second-order valence-corrected chi connectivity index (χ2v) is 7.97. The number of ether oxygens (including phenoxy) is 2. The van der Waals surface area contributed by atoms with E-state index in [4.69, 9.17) is 9.47 Å². The summed E-state index contributed by atoms with van der Waals surface area (Å²) in [5.41, 5.74) is 1.75. The highest BCUT2D eigenvalue weighted by molar-refractivity contribution is 5.95. The number of carbonyl (C=O) groups is 1. The number of fused-ring (bicyclic) bond motifs is 5. The molecule has 1 fully saturated rings. The zero-order valence-corrected chi connectivity index (χ0v) is 15.8. The van der Waals surface area contributed by atoms with Crippen molar-refractivity contribution in [1.82, 2.24) is 9.47 Å². The molecule has 1 amide bonds. The molecule has 0 radical (unpaired) electrons. The molecule has 0 saturated carbocycles. The smallest absolute Gasteiger partial charge is 0.254 e. The molecule has 0 spiro atoms. The van der Waals surface area contributed by atoms with Gasteiger partial charge in [0.1, 0.15) is 0 Å². The van der Waals surface area contributed by atoms with E-state index in [1.807, 2.05) is 39.8 Å². The summed E-state index contributed by atoms with van der Waals surface area (Å²) in [5, 5.41) is 0. The van der Waals surface area contributed by atoms with Crippen LogP contribution in [0, 0.1) is 5.92 Å². The lowest BCUT2D eigenvalue weighted by atomic mass is 9.83. The molecule has 2 unspecified atom stereocenters. The molecule has 2 bridgehead atoms. The molecule has 6 nitrogen and oxygen atoms in total. The Hall–Kier alpha value is -2.76. The molecule has 5 rings (SSSR count). The molecular formula is C22H24N2O4. The van der Waals surface area contributed by atoms with Crippen LogP contribution < -0.4 is 15.0 Å². The fraction of sp³-hybridized carbons (Fsp3) is 0.455. The molecule has 6 heteroatoms. The van der Waals surface area contributed by atoms with E-state index in [1.165, 1.54) is 0 Å². The zero-order valence-electron chi connectivity index (χ0n) is 15.8. The van der Waals surface area contributed by atoms with Crippen LogP contribution in [-0.4, -0.2) is 41.7 Å². The minimum absolute atomic E-state index is 0.0230. The fourth-order valence-electron chi connectivity index (χ4n) is 4.69. The van der Waals surface area contributed by atoms with Crippen molar-refractivity contribution >= 4 is 5.91 Å². The van der Waals surface area contributed by atoms with Crippen molar-refractivity contribution in [1.29, 1.82) is 0 Å². The van der Waals surface area contributed by atoms with Gasteiger partial charge in [-0.25, -0.2) is 0 Å². The zero-order chi connectivity index (χ0) is 19.1. The fourth-order valence-corrected chi connectivity index (χ4v) is 4.69. The number of benzene rings is 1. The van der Waals surface area contributed by atoms with Gasteiger partial charge in [0.25, 0.3) is 11.5 Å². The first kappa shape index (κ1) is 17.3. The molecule has 28 heavy (non-hydrogen) atoms. The van der Waals surface area contributed by atoms with Crippen LogP contribution in [0.15, 0.2) is 41.2 Å². The van der Waals surface area contributed by atoms with E-state index in [0.29, 0.717) is 55.8 Å². The lowest BCUT2D eigenvalue weighted by molar-refractivity contribution is 0.0594. The highest BCUT2D eigenvalue weighted by atomic mass is 16.5. The van der Waals surface area contributed by atoms with E-state index in [9.17, 15) is 9.59 Å². The predicted octanol–water partition coefficient (Wildman–Crippen LogP) is 2.66. The molecule has 2 atom stereocenters. The van der Waals surface area contributed by atoms with E-state index >= 15 is 0 Å². The van der Waals surface area contributed by atoms with Crippen molar-refractivity contribution in [2.45, 2.75) is 31.7 Å². The largest absolute Gasteiger partial charge is 0.490 e. The molecule has 3 aliphatic rings. The van der Waals surface area contributed by atoms with E-state index in [2.05, 4.69) is 0 Å². The number of likely N-dealkylation sites (tertiary alicyclic amines) is 1. The van der Waals surface area contributed by atoms with Crippen LogP contribution >= 0.6 is 0 Å². The first-order valence-corrected chi connectivity index (χ1v) is 10.1. The molecule has 0 N–H and O–H groups in total. The second kappa shape index (κ2) is 7.00. The van der Waals surface area contributed by atoms with Gasteiger partial charge in [-0.3, -0.25) is 9.59 Å². The maximum Gasteiger partial charge on any atom is 0.254 e. The van der Waals surface area contributed by atoms with Crippen molar-refractivity contribution in [3.63, 3.8) is 0 Å².